The molecule has 0 radical (unpaired) electrons. The van der Waals surface area contributed by atoms with Gasteiger partial charge in [0, 0.05) is 9.99 Å². The van der Waals surface area contributed by atoms with E-state index in [1.165, 1.54) is 9.13 Å². The second-order valence-corrected chi connectivity index (χ2v) is 4.19. The average molecular weight is 289 g/mol. The molecule has 0 aliphatic rings. The molecule has 1 aromatic rings. The molecule has 0 spiro atoms. The zero-order valence-corrected chi connectivity index (χ0v) is 9.45. The van der Waals surface area contributed by atoms with E-state index >= 15 is 0 Å². The molecule has 3 heteroatoms. The van der Waals surface area contributed by atoms with Gasteiger partial charge in [-0.05, 0) is 53.1 Å². The summed E-state index contributed by atoms with van der Waals surface area (Å²) in [7, 11) is 0. The van der Waals surface area contributed by atoms with Crippen molar-refractivity contribution in [3.8, 4) is 0 Å². The molecule has 2 nitrogen and oxygen atoms in total. The van der Waals surface area contributed by atoms with Crippen molar-refractivity contribution < 1.29 is 4.79 Å². The van der Waals surface area contributed by atoms with Crippen LogP contribution >= 0.6 is 22.6 Å². The van der Waals surface area contributed by atoms with Crippen LogP contribution in [0.4, 0.5) is 0 Å². The van der Waals surface area contributed by atoms with Gasteiger partial charge in [-0.15, -0.1) is 0 Å². The van der Waals surface area contributed by atoms with Crippen LogP contribution in [0.2, 0.25) is 0 Å². The number of hydrogen-bond donors (Lipinski definition) is 1. The first-order chi connectivity index (χ1) is 6.18. The van der Waals surface area contributed by atoms with E-state index in [9.17, 15) is 4.79 Å². The Morgan fingerprint density at radius 1 is 1.31 bits per heavy atom. The van der Waals surface area contributed by atoms with Crippen LogP contribution < -0.4 is 5.73 Å². The van der Waals surface area contributed by atoms with Crippen molar-refractivity contribution in [1.82, 2.24) is 0 Å². The summed E-state index contributed by atoms with van der Waals surface area (Å²) in [5.74, 6) is -0.217. The van der Waals surface area contributed by atoms with Crippen LogP contribution in [0.3, 0.4) is 0 Å². The minimum Gasteiger partial charge on any atom is -0.370 e. The van der Waals surface area contributed by atoms with Gasteiger partial charge in [0.25, 0.3) is 0 Å². The third-order valence-electron chi connectivity index (χ3n) is 1.80. The van der Waals surface area contributed by atoms with Crippen LogP contribution in [0.5, 0.6) is 0 Å². The van der Waals surface area contributed by atoms with Gasteiger partial charge in [-0.3, -0.25) is 4.79 Å². The van der Waals surface area contributed by atoms with E-state index in [0.717, 1.165) is 12.8 Å². The average Bonchev–Trinajstić information content (AvgIpc) is 2.08. The number of primary amides is 1. The lowest BCUT2D eigenvalue weighted by molar-refractivity contribution is -0.118. The number of rotatable bonds is 4. The van der Waals surface area contributed by atoms with E-state index in [4.69, 9.17) is 5.73 Å². The fourth-order valence-corrected chi connectivity index (χ4v) is 1.48. The first kappa shape index (κ1) is 10.5. The van der Waals surface area contributed by atoms with Gasteiger partial charge < -0.3 is 5.73 Å². The first-order valence-electron chi connectivity index (χ1n) is 4.21. The van der Waals surface area contributed by atoms with Gasteiger partial charge in [0.2, 0.25) is 5.91 Å². The molecule has 70 valence electrons. The van der Waals surface area contributed by atoms with Crippen molar-refractivity contribution >= 4 is 28.5 Å². The van der Waals surface area contributed by atoms with E-state index < -0.39 is 0 Å². The molecule has 0 heterocycles. The summed E-state index contributed by atoms with van der Waals surface area (Å²) in [6.07, 6.45) is 2.25. The van der Waals surface area contributed by atoms with Crippen molar-refractivity contribution in [3.05, 3.63) is 33.4 Å². The van der Waals surface area contributed by atoms with Crippen LogP contribution in [0.25, 0.3) is 0 Å². The van der Waals surface area contributed by atoms with E-state index in [1.54, 1.807) is 0 Å². The molecule has 0 aliphatic heterocycles. The Morgan fingerprint density at radius 2 is 1.92 bits per heavy atom. The lowest BCUT2D eigenvalue weighted by Crippen LogP contribution is -2.10. The topological polar surface area (TPSA) is 43.1 Å². The summed E-state index contributed by atoms with van der Waals surface area (Å²) in [6.45, 7) is 0. The maximum Gasteiger partial charge on any atom is 0.217 e. The smallest absolute Gasteiger partial charge is 0.217 e. The second-order valence-electron chi connectivity index (χ2n) is 2.95. The van der Waals surface area contributed by atoms with Crippen molar-refractivity contribution in [2.45, 2.75) is 19.3 Å². The molecule has 0 saturated carbocycles. The van der Waals surface area contributed by atoms with E-state index in [0.29, 0.717) is 6.42 Å². The van der Waals surface area contributed by atoms with Gasteiger partial charge in [0.05, 0.1) is 0 Å². The molecule has 0 atom stereocenters. The van der Waals surface area contributed by atoms with Gasteiger partial charge in [-0.25, -0.2) is 0 Å². The van der Waals surface area contributed by atoms with Crippen molar-refractivity contribution in [2.24, 2.45) is 5.73 Å². The Balaban J connectivity index is 2.37. The number of carbonyl (C=O) groups excluding carboxylic acids is 1. The Labute approximate surface area is 91.7 Å². The van der Waals surface area contributed by atoms with E-state index in [1.807, 2.05) is 0 Å². The summed E-state index contributed by atoms with van der Waals surface area (Å²) in [5, 5.41) is 0. The van der Waals surface area contributed by atoms with Crippen LogP contribution in [0.15, 0.2) is 24.3 Å². The summed E-state index contributed by atoms with van der Waals surface area (Å²) in [5.41, 5.74) is 6.31. The normalized spacial score (nSPS) is 9.92. The van der Waals surface area contributed by atoms with Crippen molar-refractivity contribution in [2.75, 3.05) is 0 Å². The van der Waals surface area contributed by atoms with Gasteiger partial charge in [-0.2, -0.15) is 0 Å². The van der Waals surface area contributed by atoms with Crippen LogP contribution in [-0.2, 0) is 11.2 Å². The third-order valence-corrected chi connectivity index (χ3v) is 2.52. The molecule has 0 unspecified atom stereocenters. The highest BCUT2D eigenvalue weighted by atomic mass is 127. The summed E-state index contributed by atoms with van der Waals surface area (Å²) in [4.78, 5) is 10.5. The van der Waals surface area contributed by atoms with Gasteiger partial charge in [-0.1, -0.05) is 12.1 Å². The molecular formula is C10H12INO. The molecule has 0 saturated heterocycles. The molecule has 0 fully saturated rings. The van der Waals surface area contributed by atoms with Crippen LogP contribution in [0.1, 0.15) is 18.4 Å². The molecule has 0 aliphatic carbocycles. The number of hydrogen-bond acceptors (Lipinski definition) is 1. The Morgan fingerprint density at radius 3 is 2.46 bits per heavy atom. The monoisotopic (exact) mass is 289 g/mol. The molecule has 1 aromatic carbocycles. The molecule has 1 amide bonds. The summed E-state index contributed by atoms with van der Waals surface area (Å²) < 4.78 is 1.23. The minimum atomic E-state index is -0.217. The Hall–Kier alpha value is -0.580. The molecule has 1 rings (SSSR count). The summed E-state index contributed by atoms with van der Waals surface area (Å²) >= 11 is 2.27. The van der Waals surface area contributed by atoms with Gasteiger partial charge in [0.15, 0.2) is 0 Å². The SMILES string of the molecule is NC(=O)CCCc1ccc(I)cc1. The zero-order chi connectivity index (χ0) is 9.68. The van der Waals surface area contributed by atoms with Gasteiger partial charge in [0.1, 0.15) is 0 Å². The Bertz CT molecular complexity index is 281. The highest BCUT2D eigenvalue weighted by molar-refractivity contribution is 14.1. The molecule has 0 aromatic heterocycles. The van der Waals surface area contributed by atoms with Gasteiger partial charge >= 0.3 is 0 Å². The largest absolute Gasteiger partial charge is 0.370 e. The molecule has 2 N–H and O–H groups in total. The second kappa shape index (κ2) is 5.21. The number of amides is 1. The summed E-state index contributed by atoms with van der Waals surface area (Å²) in [6, 6.07) is 8.31. The molecule has 13 heavy (non-hydrogen) atoms. The quantitative estimate of drug-likeness (QED) is 0.847. The van der Waals surface area contributed by atoms with Crippen LogP contribution in [-0.4, -0.2) is 5.91 Å². The maximum absolute atomic E-state index is 10.5. The predicted octanol–water partition coefficient (Wildman–Crippen LogP) is 2.10. The number of carbonyl (C=O) groups is 1. The molecule has 0 bridgehead atoms. The lowest BCUT2D eigenvalue weighted by Gasteiger charge is -1.99. The highest BCUT2D eigenvalue weighted by Crippen LogP contribution is 2.09. The highest BCUT2D eigenvalue weighted by Gasteiger charge is 1.96. The standard InChI is InChI=1S/C10H12INO/c11-9-6-4-8(5-7-9)2-1-3-10(12)13/h4-7H,1-3H2,(H2,12,13). The third kappa shape index (κ3) is 4.26. The van der Waals surface area contributed by atoms with Crippen molar-refractivity contribution in [3.63, 3.8) is 0 Å². The lowest BCUT2D eigenvalue weighted by atomic mass is 10.1. The maximum atomic E-state index is 10.5. The number of benzene rings is 1. The number of nitrogens with two attached hydrogens (primary N) is 1. The number of aryl methyl sites for hydroxylation is 1. The fourth-order valence-electron chi connectivity index (χ4n) is 1.12. The predicted molar refractivity (Wildman–Crippen MR) is 61.3 cm³/mol. The Kier molecular flexibility index (Phi) is 4.21. The van der Waals surface area contributed by atoms with Crippen LogP contribution in [0, 0.1) is 3.57 Å². The fraction of sp³-hybridized carbons (Fsp3) is 0.300. The van der Waals surface area contributed by atoms with E-state index in [2.05, 4.69) is 46.9 Å². The van der Waals surface area contributed by atoms with E-state index in [-0.39, 0.29) is 5.91 Å². The minimum absolute atomic E-state index is 0.217. The number of halogens is 1. The van der Waals surface area contributed by atoms with Crippen molar-refractivity contribution in [1.29, 1.82) is 0 Å². The molecular weight excluding hydrogens is 277 g/mol. The first-order valence-corrected chi connectivity index (χ1v) is 5.29. The zero-order valence-electron chi connectivity index (χ0n) is 7.29.